The number of fused-ring (bicyclic) bond motifs is 1. The number of aromatic nitrogens is 2. The Balaban J connectivity index is 1.67. The predicted molar refractivity (Wildman–Crippen MR) is 114 cm³/mol. The molecule has 0 N–H and O–H groups in total. The fourth-order valence-corrected chi connectivity index (χ4v) is 5.43. The minimum Gasteiger partial charge on any atom is -0.461 e. The van der Waals surface area contributed by atoms with Gasteiger partial charge in [0.25, 0.3) is 0 Å². The normalized spacial score (nSPS) is 20.9. The number of nitrogens with zero attached hydrogens (tertiary/aromatic N) is 3. The smallest absolute Gasteiger partial charge is 0.196 e. The van der Waals surface area contributed by atoms with Crippen molar-refractivity contribution in [2.24, 2.45) is 0 Å². The van der Waals surface area contributed by atoms with Crippen molar-refractivity contribution < 1.29 is 26.7 Å². The van der Waals surface area contributed by atoms with E-state index in [4.69, 9.17) is 9.47 Å². The zero-order valence-electron chi connectivity index (χ0n) is 17.4. The highest BCUT2D eigenvalue weighted by molar-refractivity contribution is 7.92. The minimum atomic E-state index is -3.12. The van der Waals surface area contributed by atoms with Crippen LogP contribution in [0.4, 0.5) is 14.5 Å². The van der Waals surface area contributed by atoms with Gasteiger partial charge in [0, 0.05) is 31.3 Å². The Morgan fingerprint density at radius 2 is 1.71 bits per heavy atom. The Morgan fingerprint density at radius 3 is 2.32 bits per heavy atom. The molecule has 4 rings (SSSR count). The largest absolute Gasteiger partial charge is 0.461 e. The van der Waals surface area contributed by atoms with Crippen molar-refractivity contribution in [3.05, 3.63) is 48.2 Å². The number of benzene rings is 2. The predicted octanol–water partition coefficient (Wildman–Crippen LogP) is 3.30. The van der Waals surface area contributed by atoms with Gasteiger partial charge in [0.2, 0.25) is 0 Å². The van der Waals surface area contributed by atoms with Gasteiger partial charge in [0.15, 0.2) is 34.0 Å². The molecule has 0 bridgehead atoms. The first-order chi connectivity index (χ1) is 14.7. The van der Waals surface area contributed by atoms with Crippen LogP contribution in [0.1, 0.15) is 13.8 Å². The number of methoxy groups -OCH3 is 1. The van der Waals surface area contributed by atoms with Crippen LogP contribution in [0.25, 0.3) is 16.6 Å². The summed E-state index contributed by atoms with van der Waals surface area (Å²) in [5.41, 5.74) is 1.53. The van der Waals surface area contributed by atoms with Gasteiger partial charge in [-0.05, 0) is 44.2 Å². The number of rotatable bonds is 5. The van der Waals surface area contributed by atoms with Gasteiger partial charge in [0.05, 0.1) is 22.4 Å². The third kappa shape index (κ3) is 3.74. The highest BCUT2D eigenvalue weighted by Crippen LogP contribution is 2.32. The summed E-state index contributed by atoms with van der Waals surface area (Å²) in [7, 11) is -1.76. The molecule has 3 aromatic rings. The molecule has 1 aliphatic heterocycles. The molecule has 0 radical (unpaired) electrons. The van der Waals surface area contributed by atoms with E-state index >= 15 is 4.39 Å². The molecular weight excluding hydrogens is 428 g/mol. The Morgan fingerprint density at radius 1 is 1.10 bits per heavy atom. The van der Waals surface area contributed by atoms with E-state index in [0.717, 1.165) is 11.8 Å². The number of ether oxygens (including phenoxy) is 2. The van der Waals surface area contributed by atoms with Crippen LogP contribution in [0.5, 0.6) is 5.75 Å². The molecule has 0 saturated carbocycles. The summed E-state index contributed by atoms with van der Waals surface area (Å²) in [6, 6.07) is 8.36. The molecule has 1 aromatic heterocycles. The fraction of sp³-hybridized carbons (Fsp3) is 0.381. The summed E-state index contributed by atoms with van der Waals surface area (Å²) < 4.78 is 64.9. The molecular formula is C21H23F2N3O4S. The second-order valence-corrected chi connectivity index (χ2v) is 10.5. The first-order valence-corrected chi connectivity index (χ1v) is 11.4. The lowest BCUT2D eigenvalue weighted by Crippen LogP contribution is -2.50. The summed E-state index contributed by atoms with van der Waals surface area (Å²) in [4.78, 5) is 2.02. The SMILES string of the molecule is COCOc1c(F)cc2cnn(-c3ccc(N4CC(C)S(=O)(=O)C(C)C4)cc3)c2c1F. The van der Waals surface area contributed by atoms with E-state index in [9.17, 15) is 12.8 Å². The van der Waals surface area contributed by atoms with Crippen molar-refractivity contribution in [3.8, 4) is 11.4 Å². The first kappa shape index (κ1) is 21.5. The average molecular weight is 451 g/mol. The molecule has 2 heterocycles. The van der Waals surface area contributed by atoms with Gasteiger partial charge >= 0.3 is 0 Å². The minimum absolute atomic E-state index is 0.0894. The second kappa shape index (κ2) is 8.08. The summed E-state index contributed by atoms with van der Waals surface area (Å²) >= 11 is 0. The second-order valence-electron chi connectivity index (χ2n) is 7.68. The molecule has 1 saturated heterocycles. The van der Waals surface area contributed by atoms with Crippen LogP contribution in [-0.2, 0) is 14.6 Å². The molecule has 1 aliphatic rings. The van der Waals surface area contributed by atoms with Gasteiger partial charge < -0.3 is 14.4 Å². The lowest BCUT2D eigenvalue weighted by atomic mass is 10.2. The molecule has 7 nitrogen and oxygen atoms in total. The van der Waals surface area contributed by atoms with Crippen molar-refractivity contribution in [1.29, 1.82) is 0 Å². The number of hydrogen-bond acceptors (Lipinski definition) is 6. The summed E-state index contributed by atoms with van der Waals surface area (Å²) in [5, 5.41) is 3.59. The van der Waals surface area contributed by atoms with Crippen molar-refractivity contribution >= 4 is 26.4 Å². The van der Waals surface area contributed by atoms with E-state index in [-0.39, 0.29) is 12.3 Å². The zero-order valence-corrected chi connectivity index (χ0v) is 18.2. The Hall–Kier alpha value is -2.72. The highest BCUT2D eigenvalue weighted by Gasteiger charge is 2.35. The van der Waals surface area contributed by atoms with Gasteiger partial charge in [-0.15, -0.1) is 0 Å². The van der Waals surface area contributed by atoms with E-state index in [1.54, 1.807) is 26.0 Å². The van der Waals surface area contributed by atoms with Crippen LogP contribution in [-0.4, -0.2) is 55.7 Å². The van der Waals surface area contributed by atoms with E-state index in [1.165, 1.54) is 18.0 Å². The number of sulfone groups is 1. The van der Waals surface area contributed by atoms with Crippen LogP contribution in [0.15, 0.2) is 36.5 Å². The van der Waals surface area contributed by atoms with E-state index in [1.807, 2.05) is 17.0 Å². The lowest BCUT2D eigenvalue weighted by molar-refractivity contribution is 0.0455. The molecule has 0 aliphatic carbocycles. The summed E-state index contributed by atoms with van der Waals surface area (Å²) in [6.07, 6.45) is 1.38. The van der Waals surface area contributed by atoms with Crippen LogP contribution in [0.3, 0.4) is 0 Å². The Labute approximate surface area is 179 Å². The molecule has 1 fully saturated rings. The maximum atomic E-state index is 15.0. The molecule has 31 heavy (non-hydrogen) atoms. The van der Waals surface area contributed by atoms with Crippen molar-refractivity contribution in [1.82, 2.24) is 9.78 Å². The third-order valence-electron chi connectivity index (χ3n) is 5.56. The third-order valence-corrected chi connectivity index (χ3v) is 8.10. The zero-order chi connectivity index (χ0) is 22.3. The van der Waals surface area contributed by atoms with Crippen molar-refractivity contribution in [3.63, 3.8) is 0 Å². The van der Waals surface area contributed by atoms with Gasteiger partial charge in [-0.25, -0.2) is 21.9 Å². The fourth-order valence-electron chi connectivity index (χ4n) is 3.86. The van der Waals surface area contributed by atoms with E-state index in [2.05, 4.69) is 5.10 Å². The van der Waals surface area contributed by atoms with Crippen LogP contribution in [0.2, 0.25) is 0 Å². The number of anilines is 1. The van der Waals surface area contributed by atoms with Crippen LogP contribution >= 0.6 is 0 Å². The summed E-state index contributed by atoms with van der Waals surface area (Å²) in [5.74, 6) is -2.22. The van der Waals surface area contributed by atoms with Gasteiger partial charge in [-0.2, -0.15) is 5.10 Å². The van der Waals surface area contributed by atoms with E-state index in [0.29, 0.717) is 24.2 Å². The molecule has 2 aromatic carbocycles. The first-order valence-electron chi connectivity index (χ1n) is 9.79. The topological polar surface area (TPSA) is 73.7 Å². The molecule has 2 unspecified atom stereocenters. The van der Waals surface area contributed by atoms with Crippen LogP contribution < -0.4 is 9.64 Å². The van der Waals surface area contributed by atoms with E-state index < -0.39 is 37.7 Å². The van der Waals surface area contributed by atoms with Gasteiger partial charge in [-0.3, -0.25) is 0 Å². The number of hydrogen-bond donors (Lipinski definition) is 0. The van der Waals surface area contributed by atoms with Crippen molar-refractivity contribution in [2.45, 2.75) is 24.3 Å². The average Bonchev–Trinajstić information content (AvgIpc) is 3.16. The maximum absolute atomic E-state index is 15.0. The lowest BCUT2D eigenvalue weighted by Gasteiger charge is -2.36. The molecule has 0 amide bonds. The Bertz CT molecular complexity index is 1190. The molecule has 166 valence electrons. The maximum Gasteiger partial charge on any atom is 0.196 e. The highest BCUT2D eigenvalue weighted by atomic mass is 32.2. The van der Waals surface area contributed by atoms with Gasteiger partial charge in [0.1, 0.15) is 5.52 Å². The summed E-state index contributed by atoms with van der Waals surface area (Å²) in [6.45, 7) is 3.96. The molecule has 2 atom stereocenters. The Kier molecular flexibility index (Phi) is 5.61. The molecule has 0 spiro atoms. The van der Waals surface area contributed by atoms with Crippen LogP contribution in [0, 0.1) is 11.6 Å². The number of halogens is 2. The molecule has 10 heteroatoms. The van der Waals surface area contributed by atoms with Gasteiger partial charge in [-0.1, -0.05) is 0 Å². The standard InChI is InChI=1S/C21H23F2N3O4S/c1-13-10-25(11-14(2)31(13,27)28)16-4-6-17(7-5-16)26-20-15(9-24-26)8-18(22)21(19(20)23)30-12-29-3/h4-9,13-14H,10-12H2,1-3H3. The monoisotopic (exact) mass is 451 g/mol. The van der Waals surface area contributed by atoms with Crippen molar-refractivity contribution in [2.75, 3.05) is 31.9 Å². The quantitative estimate of drug-likeness (QED) is 0.555.